The third-order valence-electron chi connectivity index (χ3n) is 4.92. The van der Waals surface area contributed by atoms with Gasteiger partial charge in [-0.15, -0.1) is 0 Å². The Morgan fingerprint density at radius 1 is 1.20 bits per heavy atom. The van der Waals surface area contributed by atoms with E-state index in [4.69, 9.17) is 4.74 Å². The number of β-amino-alcohol motifs (C(OH)–C–C–N with tert-alkyl or cyclic N) is 1. The Labute approximate surface area is 146 Å². The van der Waals surface area contributed by atoms with Gasteiger partial charge < -0.3 is 20.1 Å². The van der Waals surface area contributed by atoms with Crippen LogP contribution in [0.5, 0.6) is 5.88 Å². The van der Waals surface area contributed by atoms with Crippen molar-refractivity contribution >= 4 is 11.6 Å². The maximum absolute atomic E-state index is 9.70. The Morgan fingerprint density at radius 3 is 2.80 bits per heavy atom. The molecular formula is C17H22N6O2. The fourth-order valence-electron chi connectivity index (χ4n) is 3.45. The fourth-order valence-corrected chi connectivity index (χ4v) is 3.45. The molecule has 1 aliphatic carbocycles. The van der Waals surface area contributed by atoms with Crippen LogP contribution in [-0.4, -0.2) is 57.4 Å². The second-order valence-electron chi connectivity index (χ2n) is 6.61. The lowest BCUT2D eigenvalue weighted by atomic mass is 9.78. The van der Waals surface area contributed by atoms with E-state index in [1.165, 1.54) is 0 Å². The number of aliphatic hydroxyl groups excluding tert-OH is 1. The van der Waals surface area contributed by atoms with Gasteiger partial charge >= 0.3 is 0 Å². The van der Waals surface area contributed by atoms with E-state index >= 15 is 0 Å². The largest absolute Gasteiger partial charge is 0.478 e. The zero-order chi connectivity index (χ0) is 17.2. The van der Waals surface area contributed by atoms with Gasteiger partial charge in [-0.05, 0) is 19.3 Å². The molecule has 8 heteroatoms. The molecule has 1 saturated heterocycles. The summed E-state index contributed by atoms with van der Waals surface area (Å²) in [4.78, 5) is 19.4. The van der Waals surface area contributed by atoms with Crippen molar-refractivity contribution in [1.82, 2.24) is 19.9 Å². The zero-order valence-corrected chi connectivity index (χ0v) is 14.2. The normalized spacial score (nSPS) is 25.5. The molecule has 8 nitrogen and oxygen atoms in total. The van der Waals surface area contributed by atoms with E-state index in [9.17, 15) is 5.11 Å². The topological polar surface area (TPSA) is 96.3 Å². The van der Waals surface area contributed by atoms with Gasteiger partial charge in [0, 0.05) is 49.2 Å². The van der Waals surface area contributed by atoms with E-state index in [1.54, 1.807) is 25.8 Å². The molecule has 2 aromatic heterocycles. The van der Waals surface area contributed by atoms with E-state index in [0.717, 1.165) is 37.3 Å². The van der Waals surface area contributed by atoms with Crippen LogP contribution in [0.1, 0.15) is 30.9 Å². The molecule has 1 saturated carbocycles. The molecule has 2 N–H and O–H groups in total. The average Bonchev–Trinajstić information content (AvgIpc) is 3.04. The van der Waals surface area contributed by atoms with Crippen molar-refractivity contribution in [1.29, 1.82) is 0 Å². The smallest absolute Gasteiger partial charge is 0.257 e. The van der Waals surface area contributed by atoms with E-state index in [1.807, 2.05) is 0 Å². The lowest BCUT2D eigenvalue weighted by Gasteiger charge is -2.36. The summed E-state index contributed by atoms with van der Waals surface area (Å²) >= 11 is 0. The summed E-state index contributed by atoms with van der Waals surface area (Å²) in [7, 11) is 1.59. The highest BCUT2D eigenvalue weighted by molar-refractivity contribution is 5.47. The van der Waals surface area contributed by atoms with E-state index < -0.39 is 0 Å². The minimum absolute atomic E-state index is 0.252. The molecule has 0 bridgehead atoms. The van der Waals surface area contributed by atoms with E-state index in [0.29, 0.717) is 30.2 Å². The third-order valence-corrected chi connectivity index (χ3v) is 4.92. The summed E-state index contributed by atoms with van der Waals surface area (Å²) in [5, 5.41) is 13.1. The molecular weight excluding hydrogens is 320 g/mol. The van der Waals surface area contributed by atoms with Crippen LogP contribution in [0.4, 0.5) is 11.6 Å². The molecule has 0 spiro atoms. The molecule has 0 amide bonds. The van der Waals surface area contributed by atoms with Crippen molar-refractivity contribution in [3.8, 4) is 5.88 Å². The predicted molar refractivity (Wildman–Crippen MR) is 92.8 cm³/mol. The third kappa shape index (κ3) is 3.34. The molecule has 2 aliphatic rings. The summed E-state index contributed by atoms with van der Waals surface area (Å²) in [6.07, 6.45) is 7.42. The highest BCUT2D eigenvalue weighted by Gasteiger charge is 2.33. The van der Waals surface area contributed by atoms with Gasteiger partial charge in [-0.25, -0.2) is 19.9 Å². The van der Waals surface area contributed by atoms with Gasteiger partial charge in [0.15, 0.2) is 5.82 Å². The number of anilines is 2. The monoisotopic (exact) mass is 342 g/mol. The maximum Gasteiger partial charge on any atom is 0.257 e. The van der Waals surface area contributed by atoms with Gasteiger partial charge in [-0.2, -0.15) is 0 Å². The molecule has 0 aromatic carbocycles. The molecule has 2 fully saturated rings. The van der Waals surface area contributed by atoms with Crippen LogP contribution in [0, 0.1) is 0 Å². The van der Waals surface area contributed by atoms with Crippen LogP contribution in [0.25, 0.3) is 0 Å². The number of aromatic nitrogens is 4. The molecule has 25 heavy (non-hydrogen) atoms. The van der Waals surface area contributed by atoms with Crippen molar-refractivity contribution in [2.75, 3.05) is 30.4 Å². The van der Waals surface area contributed by atoms with Gasteiger partial charge in [0.05, 0.1) is 13.2 Å². The van der Waals surface area contributed by atoms with Crippen LogP contribution in [0.3, 0.4) is 0 Å². The van der Waals surface area contributed by atoms with E-state index in [2.05, 4.69) is 36.2 Å². The number of nitrogens with one attached hydrogen (secondary N) is 1. The number of rotatable bonds is 5. The zero-order valence-electron chi connectivity index (χ0n) is 14.2. The number of aliphatic hydroxyl groups is 1. The molecule has 0 unspecified atom stereocenters. The number of ether oxygens (including phenoxy) is 1. The van der Waals surface area contributed by atoms with Gasteiger partial charge in [-0.3, -0.25) is 0 Å². The Kier molecular flexibility index (Phi) is 4.35. The minimum atomic E-state index is -0.252. The van der Waals surface area contributed by atoms with Crippen molar-refractivity contribution in [3.63, 3.8) is 0 Å². The molecule has 1 aliphatic heterocycles. The number of nitrogens with zero attached hydrogens (tertiary/aromatic N) is 5. The summed E-state index contributed by atoms with van der Waals surface area (Å²) in [6, 6.07) is 2.39. The Hall–Kier alpha value is -2.48. The van der Waals surface area contributed by atoms with E-state index in [-0.39, 0.29) is 6.10 Å². The van der Waals surface area contributed by atoms with Gasteiger partial charge in [0.25, 0.3) is 5.88 Å². The quantitative estimate of drug-likeness (QED) is 0.837. The van der Waals surface area contributed by atoms with Crippen LogP contribution in [-0.2, 0) is 0 Å². The first-order chi connectivity index (χ1) is 12.2. The van der Waals surface area contributed by atoms with Gasteiger partial charge in [0.1, 0.15) is 12.1 Å². The molecule has 3 heterocycles. The summed E-state index contributed by atoms with van der Waals surface area (Å²) < 4.78 is 5.22. The summed E-state index contributed by atoms with van der Waals surface area (Å²) in [5.74, 6) is 2.52. The van der Waals surface area contributed by atoms with Crippen LogP contribution in [0.15, 0.2) is 24.8 Å². The Balaban J connectivity index is 1.37. The van der Waals surface area contributed by atoms with Gasteiger partial charge in [0.2, 0.25) is 0 Å². The highest BCUT2D eigenvalue weighted by atomic mass is 16.5. The SMILES string of the molecule is COc1nccnc1NC1CC(c2cc(N3CC[C@@H](O)C3)ncn2)C1. The molecule has 0 radical (unpaired) electrons. The maximum atomic E-state index is 9.70. The van der Waals surface area contributed by atoms with Crippen molar-refractivity contribution < 1.29 is 9.84 Å². The number of hydrogen-bond donors (Lipinski definition) is 2. The van der Waals surface area contributed by atoms with Crippen molar-refractivity contribution in [2.45, 2.75) is 37.3 Å². The van der Waals surface area contributed by atoms with Crippen LogP contribution >= 0.6 is 0 Å². The highest BCUT2D eigenvalue weighted by Crippen LogP contribution is 2.39. The lowest BCUT2D eigenvalue weighted by molar-refractivity contribution is 0.198. The molecule has 1 atom stereocenters. The first-order valence-corrected chi connectivity index (χ1v) is 8.59. The minimum Gasteiger partial charge on any atom is -0.478 e. The molecule has 4 rings (SSSR count). The van der Waals surface area contributed by atoms with Crippen LogP contribution < -0.4 is 15.0 Å². The second-order valence-corrected chi connectivity index (χ2v) is 6.61. The summed E-state index contributed by atoms with van der Waals surface area (Å²) in [6.45, 7) is 1.50. The van der Waals surface area contributed by atoms with Crippen LogP contribution in [0.2, 0.25) is 0 Å². The number of methoxy groups -OCH3 is 1. The molecule has 132 valence electrons. The first-order valence-electron chi connectivity index (χ1n) is 8.59. The fraction of sp³-hybridized carbons (Fsp3) is 0.529. The Bertz CT molecular complexity index is 737. The summed E-state index contributed by atoms with van der Waals surface area (Å²) in [5.41, 5.74) is 1.07. The lowest BCUT2D eigenvalue weighted by Crippen LogP contribution is -2.35. The predicted octanol–water partition coefficient (Wildman–Crippen LogP) is 1.20. The number of hydrogen-bond acceptors (Lipinski definition) is 8. The van der Waals surface area contributed by atoms with Crippen molar-refractivity contribution in [2.24, 2.45) is 0 Å². The molecule has 2 aromatic rings. The average molecular weight is 342 g/mol. The van der Waals surface area contributed by atoms with Crippen molar-refractivity contribution in [3.05, 3.63) is 30.5 Å². The van der Waals surface area contributed by atoms with Gasteiger partial charge in [-0.1, -0.05) is 0 Å². The Morgan fingerprint density at radius 2 is 2.04 bits per heavy atom. The first kappa shape index (κ1) is 16.0. The standard InChI is InChI=1S/C17H22N6O2/c1-25-17-16(18-3-4-19-17)22-12-6-11(7-12)14-8-15(21-10-20-14)23-5-2-13(24)9-23/h3-4,8,10-13,24H,2,5-7,9H2,1H3,(H,18,22)/t11?,12?,13-/m1/s1. The second kappa shape index (κ2) is 6.79.